The molecule has 132 valence electrons. The second-order valence-electron chi connectivity index (χ2n) is 6.00. The van der Waals surface area contributed by atoms with E-state index in [9.17, 15) is 4.79 Å². The summed E-state index contributed by atoms with van der Waals surface area (Å²) in [5, 5.41) is 3.95. The number of hydrogen-bond donors (Lipinski definition) is 1. The van der Waals surface area contributed by atoms with E-state index >= 15 is 0 Å². The molecule has 0 fully saturated rings. The van der Waals surface area contributed by atoms with Crippen LogP contribution in [-0.2, 0) is 4.79 Å². The van der Waals surface area contributed by atoms with Crippen LogP contribution in [-0.4, -0.2) is 25.8 Å². The second-order valence-corrected chi connectivity index (χ2v) is 6.00. The molecule has 0 aliphatic heterocycles. The van der Waals surface area contributed by atoms with E-state index in [1.165, 1.54) is 5.56 Å². The van der Waals surface area contributed by atoms with Crippen LogP contribution >= 0.6 is 0 Å². The van der Waals surface area contributed by atoms with Crippen molar-refractivity contribution in [3.63, 3.8) is 0 Å². The SMILES string of the molecule is COc1ccccc1/C=N\NC(=O)COc1cc(C(C)C)ccc1C. The first-order chi connectivity index (χ1) is 12.0. The number of carbonyl (C=O) groups is 1. The number of rotatable bonds is 7. The van der Waals surface area contributed by atoms with Gasteiger partial charge in [-0.05, 0) is 42.2 Å². The van der Waals surface area contributed by atoms with Crippen molar-refractivity contribution in [1.82, 2.24) is 5.43 Å². The average Bonchev–Trinajstić information content (AvgIpc) is 2.61. The first-order valence-corrected chi connectivity index (χ1v) is 8.19. The Kier molecular flexibility index (Phi) is 6.57. The lowest BCUT2D eigenvalue weighted by atomic mass is 10.0. The molecule has 1 amide bonds. The lowest BCUT2D eigenvalue weighted by Crippen LogP contribution is -2.24. The van der Waals surface area contributed by atoms with E-state index in [0.29, 0.717) is 11.7 Å². The fourth-order valence-corrected chi connectivity index (χ4v) is 2.25. The number of hydrogen-bond acceptors (Lipinski definition) is 4. The summed E-state index contributed by atoms with van der Waals surface area (Å²) < 4.78 is 10.8. The molecule has 0 heterocycles. The molecular weight excluding hydrogens is 316 g/mol. The summed E-state index contributed by atoms with van der Waals surface area (Å²) in [6.45, 7) is 6.10. The summed E-state index contributed by atoms with van der Waals surface area (Å²) in [7, 11) is 1.59. The van der Waals surface area contributed by atoms with Gasteiger partial charge in [0.25, 0.3) is 5.91 Å². The normalized spacial score (nSPS) is 10.9. The first kappa shape index (κ1) is 18.5. The van der Waals surface area contributed by atoms with Gasteiger partial charge in [-0.3, -0.25) is 4.79 Å². The molecule has 2 aromatic rings. The molecule has 0 aliphatic carbocycles. The van der Waals surface area contributed by atoms with Crippen molar-refractivity contribution in [1.29, 1.82) is 0 Å². The zero-order valence-corrected chi connectivity index (χ0v) is 15.1. The van der Waals surface area contributed by atoms with Crippen molar-refractivity contribution in [3.05, 3.63) is 59.2 Å². The third kappa shape index (κ3) is 5.35. The molecule has 25 heavy (non-hydrogen) atoms. The standard InChI is InChI=1S/C20H24N2O3/c1-14(2)16-10-9-15(3)19(11-16)25-13-20(23)22-21-12-17-7-5-6-8-18(17)24-4/h5-12,14H,13H2,1-4H3,(H,22,23)/b21-12-. The van der Waals surface area contributed by atoms with Crippen LogP contribution in [0.1, 0.15) is 36.5 Å². The molecule has 0 atom stereocenters. The number of ether oxygens (including phenoxy) is 2. The molecule has 0 aliphatic rings. The van der Waals surface area contributed by atoms with Gasteiger partial charge in [0.1, 0.15) is 11.5 Å². The molecule has 0 radical (unpaired) electrons. The maximum atomic E-state index is 11.9. The fraction of sp³-hybridized carbons (Fsp3) is 0.300. The van der Waals surface area contributed by atoms with Crippen LogP contribution in [0.4, 0.5) is 0 Å². The lowest BCUT2D eigenvalue weighted by molar-refractivity contribution is -0.123. The van der Waals surface area contributed by atoms with Crippen LogP contribution in [0.2, 0.25) is 0 Å². The molecule has 0 spiro atoms. The van der Waals surface area contributed by atoms with E-state index < -0.39 is 0 Å². The van der Waals surface area contributed by atoms with Gasteiger partial charge in [-0.25, -0.2) is 5.43 Å². The third-order valence-corrected chi connectivity index (χ3v) is 3.77. The average molecular weight is 340 g/mol. The number of benzene rings is 2. The van der Waals surface area contributed by atoms with Crippen LogP contribution in [0.5, 0.6) is 11.5 Å². The third-order valence-electron chi connectivity index (χ3n) is 3.77. The Morgan fingerprint density at radius 3 is 2.68 bits per heavy atom. The molecular formula is C20H24N2O3. The van der Waals surface area contributed by atoms with Crippen molar-refractivity contribution in [2.75, 3.05) is 13.7 Å². The van der Waals surface area contributed by atoms with Crippen molar-refractivity contribution in [3.8, 4) is 11.5 Å². The minimum absolute atomic E-state index is 0.0916. The van der Waals surface area contributed by atoms with Crippen molar-refractivity contribution in [2.45, 2.75) is 26.7 Å². The monoisotopic (exact) mass is 340 g/mol. The van der Waals surface area contributed by atoms with Gasteiger partial charge in [0, 0.05) is 5.56 Å². The van der Waals surface area contributed by atoms with Crippen LogP contribution in [0, 0.1) is 6.92 Å². The topological polar surface area (TPSA) is 59.9 Å². The fourth-order valence-electron chi connectivity index (χ4n) is 2.25. The molecule has 0 saturated carbocycles. The molecule has 2 rings (SSSR count). The van der Waals surface area contributed by atoms with Gasteiger partial charge in [0.05, 0.1) is 13.3 Å². The number of hydrazone groups is 1. The molecule has 0 bridgehead atoms. The minimum atomic E-state index is -0.319. The number of amides is 1. The van der Waals surface area contributed by atoms with E-state index in [1.807, 2.05) is 43.3 Å². The van der Waals surface area contributed by atoms with Gasteiger partial charge in [0.15, 0.2) is 6.61 Å². The maximum Gasteiger partial charge on any atom is 0.277 e. The molecule has 0 unspecified atom stereocenters. The van der Waals surface area contributed by atoms with Crippen molar-refractivity contribution >= 4 is 12.1 Å². The van der Waals surface area contributed by atoms with Crippen molar-refractivity contribution < 1.29 is 14.3 Å². The summed E-state index contributed by atoms with van der Waals surface area (Å²) >= 11 is 0. The second kappa shape index (κ2) is 8.87. The Balaban J connectivity index is 1.91. The van der Waals surface area contributed by atoms with Gasteiger partial charge in [0.2, 0.25) is 0 Å². The largest absolute Gasteiger partial charge is 0.496 e. The Hall–Kier alpha value is -2.82. The Labute approximate surface area is 148 Å². The summed E-state index contributed by atoms with van der Waals surface area (Å²) in [5.41, 5.74) is 5.41. The van der Waals surface area contributed by atoms with E-state index in [4.69, 9.17) is 9.47 Å². The predicted molar refractivity (Wildman–Crippen MR) is 99.5 cm³/mol. The number of nitrogens with zero attached hydrogens (tertiary/aromatic N) is 1. The summed E-state index contributed by atoms with van der Waals surface area (Å²) in [5.74, 6) is 1.50. The molecule has 2 aromatic carbocycles. The summed E-state index contributed by atoms with van der Waals surface area (Å²) in [6, 6.07) is 13.5. The van der Waals surface area contributed by atoms with Crippen LogP contribution < -0.4 is 14.9 Å². The highest BCUT2D eigenvalue weighted by Crippen LogP contribution is 2.24. The van der Waals surface area contributed by atoms with E-state index in [0.717, 1.165) is 16.9 Å². The number of aryl methyl sites for hydroxylation is 1. The number of para-hydroxylation sites is 1. The zero-order valence-electron chi connectivity index (χ0n) is 15.1. The highest BCUT2D eigenvalue weighted by molar-refractivity contribution is 5.85. The van der Waals surface area contributed by atoms with E-state index in [1.54, 1.807) is 13.3 Å². The highest BCUT2D eigenvalue weighted by atomic mass is 16.5. The number of nitrogens with one attached hydrogen (secondary N) is 1. The van der Waals surface area contributed by atoms with Crippen LogP contribution in [0.3, 0.4) is 0 Å². The maximum absolute atomic E-state index is 11.9. The van der Waals surface area contributed by atoms with Gasteiger partial charge in [-0.2, -0.15) is 5.10 Å². The smallest absolute Gasteiger partial charge is 0.277 e. The van der Waals surface area contributed by atoms with E-state index in [-0.39, 0.29) is 12.5 Å². The minimum Gasteiger partial charge on any atom is -0.496 e. The highest BCUT2D eigenvalue weighted by Gasteiger charge is 2.07. The molecule has 5 nitrogen and oxygen atoms in total. The Bertz CT molecular complexity index is 754. The Morgan fingerprint density at radius 2 is 1.96 bits per heavy atom. The summed E-state index contributed by atoms with van der Waals surface area (Å²) in [4.78, 5) is 11.9. The number of carbonyl (C=O) groups excluding carboxylic acids is 1. The van der Waals surface area contributed by atoms with E-state index in [2.05, 4.69) is 30.4 Å². The Morgan fingerprint density at radius 1 is 1.20 bits per heavy atom. The zero-order chi connectivity index (χ0) is 18.2. The molecule has 0 saturated heterocycles. The van der Waals surface area contributed by atoms with Gasteiger partial charge in [-0.15, -0.1) is 0 Å². The first-order valence-electron chi connectivity index (χ1n) is 8.19. The van der Waals surface area contributed by atoms with Crippen molar-refractivity contribution in [2.24, 2.45) is 5.10 Å². The van der Waals surface area contributed by atoms with Gasteiger partial charge < -0.3 is 9.47 Å². The number of methoxy groups -OCH3 is 1. The molecule has 0 aromatic heterocycles. The quantitative estimate of drug-likeness (QED) is 0.618. The molecule has 1 N–H and O–H groups in total. The van der Waals surface area contributed by atoms with Gasteiger partial charge in [-0.1, -0.05) is 38.1 Å². The van der Waals surface area contributed by atoms with Crippen LogP contribution in [0.25, 0.3) is 0 Å². The summed E-state index contributed by atoms with van der Waals surface area (Å²) in [6.07, 6.45) is 1.54. The molecule has 5 heteroatoms. The lowest BCUT2D eigenvalue weighted by Gasteiger charge is -2.12. The predicted octanol–water partition coefficient (Wildman–Crippen LogP) is 3.66. The van der Waals surface area contributed by atoms with Crippen LogP contribution in [0.15, 0.2) is 47.6 Å². The van der Waals surface area contributed by atoms with Gasteiger partial charge >= 0.3 is 0 Å².